The molecular formula is C10H7NO5. The van der Waals surface area contributed by atoms with Crippen molar-refractivity contribution in [2.45, 2.75) is 0 Å². The van der Waals surface area contributed by atoms with Gasteiger partial charge in [0, 0.05) is 11.5 Å². The van der Waals surface area contributed by atoms with Crippen LogP contribution in [-0.4, -0.2) is 21.3 Å². The summed E-state index contributed by atoms with van der Waals surface area (Å²) >= 11 is 0. The maximum absolute atomic E-state index is 10.7. The van der Waals surface area contributed by atoms with Crippen LogP contribution < -0.4 is 5.55 Å². The van der Waals surface area contributed by atoms with Crippen molar-refractivity contribution in [2.75, 3.05) is 0 Å². The highest BCUT2D eigenvalue weighted by Gasteiger charge is 2.11. The second kappa shape index (κ2) is 3.27. The molecule has 0 spiro atoms. The predicted molar refractivity (Wildman–Crippen MR) is 52.4 cm³/mol. The van der Waals surface area contributed by atoms with Gasteiger partial charge in [-0.25, -0.2) is 4.79 Å². The highest BCUT2D eigenvalue weighted by Crippen LogP contribution is 2.29. The highest BCUT2D eigenvalue weighted by atomic mass is 16.4. The first kappa shape index (κ1) is 10.0. The van der Waals surface area contributed by atoms with Gasteiger partial charge in [-0.3, -0.25) is 5.41 Å². The SMILES string of the molecule is N=c1oc2cc(O)c(O)cc2cc1C(=O)O. The third-order valence-corrected chi connectivity index (χ3v) is 2.09. The van der Waals surface area contributed by atoms with Crippen LogP contribution in [0.2, 0.25) is 0 Å². The summed E-state index contributed by atoms with van der Waals surface area (Å²) in [5, 5.41) is 34.8. The number of benzene rings is 1. The molecule has 0 saturated carbocycles. The van der Waals surface area contributed by atoms with Gasteiger partial charge < -0.3 is 19.7 Å². The third kappa shape index (κ3) is 1.46. The molecule has 0 amide bonds. The number of hydrogen-bond donors (Lipinski definition) is 4. The topological polar surface area (TPSA) is 115 Å². The van der Waals surface area contributed by atoms with E-state index in [2.05, 4.69) is 0 Å². The van der Waals surface area contributed by atoms with Gasteiger partial charge in [-0.15, -0.1) is 0 Å². The summed E-state index contributed by atoms with van der Waals surface area (Å²) in [4.78, 5) is 10.7. The second-order valence-corrected chi connectivity index (χ2v) is 3.17. The first-order valence-electron chi connectivity index (χ1n) is 4.27. The van der Waals surface area contributed by atoms with Crippen LogP contribution in [0.1, 0.15) is 10.4 Å². The Kier molecular flexibility index (Phi) is 2.05. The van der Waals surface area contributed by atoms with Crippen LogP contribution in [0.3, 0.4) is 0 Å². The molecule has 0 aliphatic heterocycles. The number of carboxylic acids is 1. The first-order valence-corrected chi connectivity index (χ1v) is 4.27. The lowest BCUT2D eigenvalue weighted by atomic mass is 10.1. The standard InChI is InChI=1S/C10H7NO5/c11-9-5(10(14)15)1-4-2-6(12)7(13)3-8(4)16-9/h1-3,11-13H,(H,14,15). The van der Waals surface area contributed by atoms with E-state index in [9.17, 15) is 15.0 Å². The normalized spacial score (nSPS) is 10.5. The smallest absolute Gasteiger partial charge is 0.341 e. The molecule has 0 bridgehead atoms. The van der Waals surface area contributed by atoms with Gasteiger partial charge in [-0.1, -0.05) is 0 Å². The van der Waals surface area contributed by atoms with Crippen molar-refractivity contribution < 1.29 is 24.5 Å². The molecule has 2 aromatic rings. The Hall–Kier alpha value is -2.50. The third-order valence-electron chi connectivity index (χ3n) is 2.09. The molecule has 6 nitrogen and oxygen atoms in total. The van der Waals surface area contributed by atoms with E-state index in [1.165, 1.54) is 12.1 Å². The predicted octanol–water partition coefficient (Wildman–Crippen LogP) is 1.02. The van der Waals surface area contributed by atoms with Crippen LogP contribution >= 0.6 is 0 Å². The minimum atomic E-state index is -1.29. The van der Waals surface area contributed by atoms with Gasteiger partial charge in [0.1, 0.15) is 11.1 Å². The summed E-state index contributed by atoms with van der Waals surface area (Å²) in [5.74, 6) is -2.06. The van der Waals surface area contributed by atoms with Gasteiger partial charge in [-0.05, 0) is 12.1 Å². The molecule has 0 atom stereocenters. The summed E-state index contributed by atoms with van der Waals surface area (Å²) in [5.41, 5.74) is -0.687. The van der Waals surface area contributed by atoms with E-state index in [1.54, 1.807) is 0 Å². The van der Waals surface area contributed by atoms with Crippen molar-refractivity contribution in [3.05, 3.63) is 29.3 Å². The Balaban J connectivity index is 2.85. The fraction of sp³-hybridized carbons (Fsp3) is 0. The first-order chi connectivity index (χ1) is 7.49. The molecule has 1 heterocycles. The fourth-order valence-corrected chi connectivity index (χ4v) is 1.32. The van der Waals surface area contributed by atoms with Gasteiger partial charge >= 0.3 is 5.97 Å². The van der Waals surface area contributed by atoms with E-state index in [-0.39, 0.29) is 16.9 Å². The van der Waals surface area contributed by atoms with Crippen LogP contribution in [0, 0.1) is 5.41 Å². The Bertz CT molecular complexity index is 643. The summed E-state index contributed by atoms with van der Waals surface area (Å²) < 4.78 is 4.90. The Morgan fingerprint density at radius 3 is 2.44 bits per heavy atom. The van der Waals surface area contributed by atoms with Gasteiger partial charge in [0.15, 0.2) is 11.5 Å². The van der Waals surface area contributed by atoms with E-state index in [0.29, 0.717) is 5.39 Å². The number of aromatic hydroxyl groups is 2. The summed E-state index contributed by atoms with van der Waals surface area (Å²) in [7, 11) is 0. The minimum Gasteiger partial charge on any atom is -0.504 e. The molecule has 1 aromatic carbocycles. The Morgan fingerprint density at radius 2 is 1.81 bits per heavy atom. The highest BCUT2D eigenvalue weighted by molar-refractivity contribution is 5.92. The lowest BCUT2D eigenvalue weighted by molar-refractivity contribution is 0.0691. The van der Waals surface area contributed by atoms with Crippen LogP contribution in [-0.2, 0) is 0 Å². The lowest BCUT2D eigenvalue weighted by Gasteiger charge is -2.02. The number of nitrogens with one attached hydrogen (secondary N) is 1. The maximum Gasteiger partial charge on any atom is 0.341 e. The van der Waals surface area contributed by atoms with E-state index in [1.807, 2.05) is 0 Å². The molecular weight excluding hydrogens is 214 g/mol. The van der Waals surface area contributed by atoms with Crippen molar-refractivity contribution in [2.24, 2.45) is 0 Å². The van der Waals surface area contributed by atoms with Crippen molar-refractivity contribution in [1.82, 2.24) is 0 Å². The number of phenols is 2. The number of phenolic OH excluding ortho intramolecular Hbond substituents is 2. The number of rotatable bonds is 1. The molecule has 0 radical (unpaired) electrons. The largest absolute Gasteiger partial charge is 0.504 e. The number of carbonyl (C=O) groups is 1. The van der Waals surface area contributed by atoms with E-state index < -0.39 is 17.3 Å². The fourth-order valence-electron chi connectivity index (χ4n) is 1.32. The van der Waals surface area contributed by atoms with Crippen molar-refractivity contribution in [3.63, 3.8) is 0 Å². The molecule has 2 rings (SSSR count). The molecule has 0 saturated heterocycles. The van der Waals surface area contributed by atoms with Gasteiger partial charge in [0.05, 0.1) is 0 Å². The molecule has 1 aromatic heterocycles. The van der Waals surface area contributed by atoms with E-state index in [4.69, 9.17) is 14.9 Å². The van der Waals surface area contributed by atoms with Gasteiger partial charge in [-0.2, -0.15) is 0 Å². The van der Waals surface area contributed by atoms with Gasteiger partial charge in [0.2, 0.25) is 5.55 Å². The van der Waals surface area contributed by atoms with Crippen LogP contribution in [0.25, 0.3) is 11.0 Å². The summed E-state index contributed by atoms with van der Waals surface area (Å²) in [6.45, 7) is 0. The van der Waals surface area contributed by atoms with Gasteiger partial charge in [0.25, 0.3) is 0 Å². The van der Waals surface area contributed by atoms with Crippen molar-refractivity contribution in [1.29, 1.82) is 5.41 Å². The molecule has 4 N–H and O–H groups in total. The molecule has 0 fully saturated rings. The minimum absolute atomic E-state index is 0.130. The van der Waals surface area contributed by atoms with Crippen molar-refractivity contribution >= 4 is 16.9 Å². The molecule has 0 unspecified atom stereocenters. The summed E-state index contributed by atoms with van der Waals surface area (Å²) in [6, 6.07) is 3.48. The average Bonchev–Trinajstić information content (AvgIpc) is 2.19. The second-order valence-electron chi connectivity index (χ2n) is 3.17. The summed E-state index contributed by atoms with van der Waals surface area (Å²) in [6.07, 6.45) is 0. The molecule has 0 aliphatic rings. The molecule has 0 aliphatic carbocycles. The molecule has 16 heavy (non-hydrogen) atoms. The number of fused-ring (bicyclic) bond motifs is 1. The zero-order valence-corrected chi connectivity index (χ0v) is 7.89. The zero-order chi connectivity index (χ0) is 11.9. The molecule has 6 heteroatoms. The number of aromatic carboxylic acids is 1. The van der Waals surface area contributed by atoms with E-state index >= 15 is 0 Å². The van der Waals surface area contributed by atoms with E-state index in [0.717, 1.165) is 6.07 Å². The Morgan fingerprint density at radius 1 is 1.19 bits per heavy atom. The monoisotopic (exact) mass is 221 g/mol. The van der Waals surface area contributed by atoms with Crippen molar-refractivity contribution in [3.8, 4) is 11.5 Å². The van der Waals surface area contributed by atoms with Crippen LogP contribution in [0.5, 0.6) is 11.5 Å². The average molecular weight is 221 g/mol. The Labute approximate surface area is 88.5 Å². The van der Waals surface area contributed by atoms with Crippen LogP contribution in [0.15, 0.2) is 22.6 Å². The quantitative estimate of drug-likeness (QED) is 0.536. The number of hydrogen-bond acceptors (Lipinski definition) is 5. The molecule has 82 valence electrons. The maximum atomic E-state index is 10.7. The zero-order valence-electron chi connectivity index (χ0n) is 7.89. The number of carboxylic acid groups (broad SMARTS) is 1. The lowest BCUT2D eigenvalue weighted by Crippen LogP contribution is -2.13. The van der Waals surface area contributed by atoms with Crippen LogP contribution in [0.4, 0.5) is 0 Å².